The molecule has 2 rings (SSSR count). The fourth-order valence-electron chi connectivity index (χ4n) is 2.16. The second kappa shape index (κ2) is 8.79. The molecule has 0 aliphatic carbocycles. The van der Waals surface area contributed by atoms with E-state index in [1.807, 2.05) is 0 Å². The largest absolute Gasteiger partial charge is 0.495 e. The molecule has 2 aromatic rings. The molecule has 1 amide bonds. The number of amides is 1. The monoisotopic (exact) mass is 432 g/mol. The van der Waals surface area contributed by atoms with Crippen molar-refractivity contribution < 1.29 is 22.7 Å². The summed E-state index contributed by atoms with van der Waals surface area (Å²) < 4.78 is 37.2. The smallest absolute Gasteiger partial charge is 0.242 e. The van der Waals surface area contributed by atoms with Crippen molar-refractivity contribution >= 4 is 44.8 Å². The van der Waals surface area contributed by atoms with Crippen LogP contribution in [0.5, 0.6) is 11.5 Å². The van der Waals surface area contributed by atoms with Gasteiger partial charge in [-0.3, -0.25) is 4.79 Å². The molecule has 0 aromatic heterocycles. The first kappa shape index (κ1) is 21.3. The minimum atomic E-state index is -3.96. The number of ether oxygens (including phenoxy) is 2. The van der Waals surface area contributed by atoms with Crippen LogP contribution < -0.4 is 19.5 Å². The zero-order valence-electron chi connectivity index (χ0n) is 14.7. The quantitative estimate of drug-likeness (QED) is 0.699. The Morgan fingerprint density at radius 3 is 2.07 bits per heavy atom. The zero-order chi connectivity index (χ0) is 20.2. The Labute approximate surface area is 167 Å². The van der Waals surface area contributed by atoms with Gasteiger partial charge in [0.15, 0.2) is 0 Å². The van der Waals surface area contributed by atoms with E-state index in [9.17, 15) is 13.2 Å². The number of sulfonamides is 1. The van der Waals surface area contributed by atoms with Crippen LogP contribution in [0.25, 0.3) is 0 Å². The lowest BCUT2D eigenvalue weighted by molar-refractivity contribution is -0.117. The van der Waals surface area contributed by atoms with Crippen molar-refractivity contribution in [2.45, 2.75) is 17.9 Å². The van der Waals surface area contributed by atoms with Crippen molar-refractivity contribution in [2.24, 2.45) is 0 Å². The molecule has 146 valence electrons. The number of halogens is 2. The van der Waals surface area contributed by atoms with Gasteiger partial charge < -0.3 is 14.8 Å². The SMILES string of the molecule is COc1ccc(NC(=O)[C@H](C)NS(=O)(=O)c2ccc(OC)c(Cl)c2)cc1Cl. The summed E-state index contributed by atoms with van der Waals surface area (Å²) >= 11 is 12.0. The normalized spacial score (nSPS) is 12.3. The van der Waals surface area contributed by atoms with Crippen LogP contribution in [0.4, 0.5) is 5.69 Å². The zero-order valence-corrected chi connectivity index (χ0v) is 17.1. The summed E-state index contributed by atoms with van der Waals surface area (Å²) in [4.78, 5) is 12.2. The minimum Gasteiger partial charge on any atom is -0.495 e. The van der Waals surface area contributed by atoms with Gasteiger partial charge in [0.2, 0.25) is 15.9 Å². The lowest BCUT2D eigenvalue weighted by Gasteiger charge is -2.15. The number of nitrogens with one attached hydrogen (secondary N) is 2. The highest BCUT2D eigenvalue weighted by Crippen LogP contribution is 2.28. The molecule has 0 fully saturated rings. The van der Waals surface area contributed by atoms with Crippen molar-refractivity contribution in [1.29, 1.82) is 0 Å². The second-order valence-corrected chi connectivity index (χ2v) is 8.01. The average molecular weight is 433 g/mol. The molecular formula is C17H18Cl2N2O5S. The van der Waals surface area contributed by atoms with Crippen LogP contribution >= 0.6 is 23.2 Å². The first-order chi connectivity index (χ1) is 12.7. The van der Waals surface area contributed by atoms with Crippen LogP contribution in [-0.2, 0) is 14.8 Å². The van der Waals surface area contributed by atoms with E-state index in [-0.39, 0.29) is 9.92 Å². The number of rotatable bonds is 7. The van der Waals surface area contributed by atoms with Crippen molar-refractivity contribution in [2.75, 3.05) is 19.5 Å². The molecule has 0 unspecified atom stereocenters. The molecule has 10 heteroatoms. The Balaban J connectivity index is 2.10. The predicted octanol–water partition coefficient (Wildman–Crippen LogP) is 3.32. The van der Waals surface area contributed by atoms with Crippen LogP contribution in [0, 0.1) is 0 Å². The summed E-state index contributed by atoms with van der Waals surface area (Å²) in [5, 5.41) is 3.05. The molecule has 1 atom stereocenters. The number of anilines is 1. The molecule has 0 spiro atoms. The summed E-state index contributed by atoms with van der Waals surface area (Å²) in [5.41, 5.74) is 0.407. The van der Waals surface area contributed by atoms with Crippen LogP contribution in [0.2, 0.25) is 10.0 Å². The van der Waals surface area contributed by atoms with Crippen LogP contribution in [0.15, 0.2) is 41.3 Å². The fourth-order valence-corrected chi connectivity index (χ4v) is 3.97. The number of methoxy groups -OCH3 is 2. The second-order valence-electron chi connectivity index (χ2n) is 5.48. The highest BCUT2D eigenvalue weighted by atomic mass is 35.5. The third-order valence-corrected chi connectivity index (χ3v) is 5.71. The van der Waals surface area contributed by atoms with Gasteiger partial charge in [-0.15, -0.1) is 0 Å². The molecular weight excluding hydrogens is 415 g/mol. The summed E-state index contributed by atoms with van der Waals surface area (Å²) in [6.45, 7) is 1.42. The van der Waals surface area contributed by atoms with Crippen LogP contribution in [0.1, 0.15) is 6.92 Å². The van der Waals surface area contributed by atoms with Gasteiger partial charge in [-0.1, -0.05) is 23.2 Å². The van der Waals surface area contributed by atoms with Gasteiger partial charge in [0.25, 0.3) is 0 Å². The van der Waals surface area contributed by atoms with Gasteiger partial charge in [0.05, 0.1) is 35.2 Å². The number of hydrogen-bond acceptors (Lipinski definition) is 5. The third-order valence-electron chi connectivity index (χ3n) is 3.58. The lowest BCUT2D eigenvalue weighted by Crippen LogP contribution is -2.41. The van der Waals surface area contributed by atoms with E-state index in [2.05, 4.69) is 10.0 Å². The van der Waals surface area contributed by atoms with Crippen LogP contribution in [0.3, 0.4) is 0 Å². The summed E-state index contributed by atoms with van der Waals surface area (Å²) in [7, 11) is -1.06. The molecule has 0 saturated carbocycles. The van der Waals surface area contributed by atoms with Gasteiger partial charge in [-0.05, 0) is 43.3 Å². The Morgan fingerprint density at radius 1 is 1.00 bits per heavy atom. The van der Waals surface area contributed by atoms with E-state index < -0.39 is 22.0 Å². The topological polar surface area (TPSA) is 93.7 Å². The highest BCUT2D eigenvalue weighted by Gasteiger charge is 2.23. The van der Waals surface area contributed by atoms with Crippen molar-refractivity contribution in [3.63, 3.8) is 0 Å². The maximum absolute atomic E-state index is 12.5. The molecule has 0 aliphatic heterocycles. The maximum atomic E-state index is 12.5. The van der Waals surface area contributed by atoms with E-state index in [0.29, 0.717) is 22.2 Å². The van der Waals surface area contributed by atoms with Crippen molar-refractivity contribution in [3.8, 4) is 11.5 Å². The van der Waals surface area contributed by atoms with E-state index in [1.165, 1.54) is 45.4 Å². The fraction of sp³-hybridized carbons (Fsp3) is 0.235. The summed E-state index contributed by atoms with van der Waals surface area (Å²) in [5.74, 6) is 0.247. The molecule has 0 saturated heterocycles. The molecule has 7 nitrogen and oxygen atoms in total. The van der Waals surface area contributed by atoms with Crippen LogP contribution in [-0.4, -0.2) is 34.6 Å². The van der Waals surface area contributed by atoms with Crippen molar-refractivity contribution in [3.05, 3.63) is 46.4 Å². The summed E-state index contributed by atoms with van der Waals surface area (Å²) in [6.07, 6.45) is 0. The molecule has 0 bridgehead atoms. The van der Waals surface area contributed by atoms with E-state index in [0.717, 1.165) is 0 Å². The van der Waals surface area contributed by atoms with Gasteiger partial charge in [0, 0.05) is 5.69 Å². The Kier molecular flexibility index (Phi) is 6.94. The number of hydrogen-bond donors (Lipinski definition) is 2. The van der Waals surface area contributed by atoms with E-state index in [1.54, 1.807) is 12.1 Å². The Morgan fingerprint density at radius 2 is 1.56 bits per heavy atom. The number of carbonyl (C=O) groups is 1. The maximum Gasteiger partial charge on any atom is 0.242 e. The van der Waals surface area contributed by atoms with E-state index in [4.69, 9.17) is 32.7 Å². The Hall–Kier alpha value is -2.00. The molecule has 0 heterocycles. The van der Waals surface area contributed by atoms with Gasteiger partial charge in [0.1, 0.15) is 11.5 Å². The highest BCUT2D eigenvalue weighted by molar-refractivity contribution is 7.89. The molecule has 2 aromatic carbocycles. The standard InChI is InChI=1S/C17H18Cl2N2O5S/c1-10(17(22)20-11-4-6-15(25-2)13(18)8-11)21-27(23,24)12-5-7-16(26-3)14(19)9-12/h4-10,21H,1-3H3,(H,20,22)/t10-/m0/s1. The minimum absolute atomic E-state index is 0.0829. The van der Waals surface area contributed by atoms with Gasteiger partial charge >= 0.3 is 0 Å². The van der Waals surface area contributed by atoms with Crippen molar-refractivity contribution in [1.82, 2.24) is 4.72 Å². The molecule has 2 N–H and O–H groups in total. The number of benzene rings is 2. The third kappa shape index (κ3) is 5.26. The molecule has 0 aliphatic rings. The Bertz CT molecular complexity index is 950. The first-order valence-corrected chi connectivity index (χ1v) is 9.92. The van der Waals surface area contributed by atoms with E-state index >= 15 is 0 Å². The predicted molar refractivity (Wildman–Crippen MR) is 104 cm³/mol. The average Bonchev–Trinajstić information content (AvgIpc) is 2.61. The van der Waals surface area contributed by atoms with Gasteiger partial charge in [-0.25, -0.2) is 8.42 Å². The molecule has 0 radical (unpaired) electrons. The number of carbonyl (C=O) groups excluding carboxylic acids is 1. The summed E-state index contributed by atoms with van der Waals surface area (Å²) in [6, 6.07) is 7.65. The molecule has 27 heavy (non-hydrogen) atoms. The van der Waals surface area contributed by atoms with Gasteiger partial charge in [-0.2, -0.15) is 4.72 Å². The lowest BCUT2D eigenvalue weighted by atomic mass is 10.2. The first-order valence-electron chi connectivity index (χ1n) is 7.68.